The molecule has 1 N–H and O–H groups in total. The molecule has 3 aromatic rings. The Morgan fingerprint density at radius 2 is 1.83 bits per heavy atom. The van der Waals surface area contributed by atoms with Gasteiger partial charge in [0.05, 0.1) is 16.6 Å². The third-order valence-electron chi connectivity index (χ3n) is 5.14. The zero-order chi connectivity index (χ0) is 21.5. The SMILES string of the molecule is Cc1ccccc1-c1nnc(SC(C)C(=O)N2c3ccccc3NC(=O)C2(C)C)o1. The van der Waals surface area contributed by atoms with Crippen LogP contribution in [0.3, 0.4) is 0 Å². The van der Waals surface area contributed by atoms with Gasteiger partial charge in [0.25, 0.3) is 5.22 Å². The summed E-state index contributed by atoms with van der Waals surface area (Å²) in [4.78, 5) is 27.6. The van der Waals surface area contributed by atoms with Crippen LogP contribution in [0.2, 0.25) is 0 Å². The Morgan fingerprint density at radius 1 is 1.13 bits per heavy atom. The molecule has 0 spiro atoms. The number of aromatic nitrogens is 2. The topological polar surface area (TPSA) is 88.3 Å². The number of hydrogen-bond acceptors (Lipinski definition) is 6. The van der Waals surface area contributed by atoms with Crippen LogP contribution in [0.25, 0.3) is 11.5 Å². The molecule has 4 rings (SSSR count). The molecule has 0 saturated heterocycles. The van der Waals surface area contributed by atoms with Gasteiger partial charge in [0, 0.05) is 5.56 Å². The Morgan fingerprint density at radius 3 is 2.60 bits per heavy atom. The fourth-order valence-electron chi connectivity index (χ4n) is 3.41. The van der Waals surface area contributed by atoms with Crippen LogP contribution in [0.5, 0.6) is 0 Å². The van der Waals surface area contributed by atoms with Gasteiger partial charge in [-0.2, -0.15) is 0 Å². The van der Waals surface area contributed by atoms with Crippen LogP contribution in [0, 0.1) is 6.92 Å². The largest absolute Gasteiger partial charge is 0.411 e. The highest BCUT2D eigenvalue weighted by molar-refractivity contribution is 8.00. The molecule has 0 radical (unpaired) electrons. The quantitative estimate of drug-likeness (QED) is 0.631. The molecule has 1 unspecified atom stereocenters. The number of fused-ring (bicyclic) bond motifs is 1. The van der Waals surface area contributed by atoms with E-state index in [1.807, 2.05) is 49.4 Å². The van der Waals surface area contributed by atoms with Crippen molar-refractivity contribution in [1.82, 2.24) is 10.2 Å². The molecule has 1 aliphatic heterocycles. The number of thioether (sulfide) groups is 1. The van der Waals surface area contributed by atoms with Gasteiger partial charge >= 0.3 is 0 Å². The van der Waals surface area contributed by atoms with Crippen LogP contribution in [0.15, 0.2) is 58.2 Å². The lowest BCUT2D eigenvalue weighted by Crippen LogP contribution is -2.60. The van der Waals surface area contributed by atoms with E-state index in [2.05, 4.69) is 15.5 Å². The molecule has 2 amide bonds. The molecule has 154 valence electrons. The lowest BCUT2D eigenvalue weighted by atomic mass is 9.96. The van der Waals surface area contributed by atoms with Crippen LogP contribution in [-0.2, 0) is 9.59 Å². The molecule has 1 aromatic heterocycles. The van der Waals surface area contributed by atoms with E-state index in [-0.39, 0.29) is 11.8 Å². The number of aryl methyl sites for hydroxylation is 1. The highest BCUT2D eigenvalue weighted by Gasteiger charge is 2.45. The van der Waals surface area contributed by atoms with E-state index < -0.39 is 10.8 Å². The van der Waals surface area contributed by atoms with Gasteiger partial charge in [0.2, 0.25) is 17.7 Å². The zero-order valence-corrected chi connectivity index (χ0v) is 18.0. The number of rotatable bonds is 4. The van der Waals surface area contributed by atoms with Crippen molar-refractivity contribution in [2.24, 2.45) is 0 Å². The molecule has 30 heavy (non-hydrogen) atoms. The number of carbonyl (C=O) groups excluding carboxylic acids is 2. The average molecular weight is 423 g/mol. The smallest absolute Gasteiger partial charge is 0.277 e. The van der Waals surface area contributed by atoms with E-state index in [0.29, 0.717) is 22.5 Å². The van der Waals surface area contributed by atoms with Crippen LogP contribution >= 0.6 is 11.8 Å². The Hall–Kier alpha value is -3.13. The third-order valence-corrected chi connectivity index (χ3v) is 6.06. The maximum Gasteiger partial charge on any atom is 0.277 e. The zero-order valence-electron chi connectivity index (χ0n) is 17.2. The minimum Gasteiger partial charge on any atom is -0.411 e. The number of para-hydroxylation sites is 2. The molecule has 8 heteroatoms. The summed E-state index contributed by atoms with van der Waals surface area (Å²) >= 11 is 1.18. The number of hydrogen-bond donors (Lipinski definition) is 1. The van der Waals surface area contributed by atoms with Gasteiger partial charge in [0.15, 0.2) is 0 Å². The Bertz CT molecular complexity index is 1120. The Balaban J connectivity index is 1.59. The Kier molecular flexibility index (Phi) is 5.11. The van der Waals surface area contributed by atoms with E-state index in [4.69, 9.17) is 4.42 Å². The summed E-state index contributed by atoms with van der Waals surface area (Å²) in [5.74, 6) is -0.0207. The van der Waals surface area contributed by atoms with Crippen LogP contribution < -0.4 is 10.2 Å². The maximum absolute atomic E-state index is 13.4. The number of benzene rings is 2. The van der Waals surface area contributed by atoms with Gasteiger partial charge in [-0.15, -0.1) is 10.2 Å². The van der Waals surface area contributed by atoms with Gasteiger partial charge in [-0.1, -0.05) is 42.1 Å². The van der Waals surface area contributed by atoms with Crippen molar-refractivity contribution in [1.29, 1.82) is 0 Å². The van der Waals surface area contributed by atoms with E-state index in [1.165, 1.54) is 11.8 Å². The predicted molar refractivity (Wildman–Crippen MR) is 116 cm³/mol. The fourth-order valence-corrected chi connectivity index (χ4v) is 4.13. The van der Waals surface area contributed by atoms with Crippen molar-refractivity contribution < 1.29 is 14.0 Å². The van der Waals surface area contributed by atoms with Gasteiger partial charge < -0.3 is 9.73 Å². The fraction of sp³-hybridized carbons (Fsp3) is 0.273. The Labute approximate surface area is 178 Å². The molecular formula is C22H22N4O3S. The van der Waals surface area contributed by atoms with Gasteiger partial charge in [-0.25, -0.2) is 0 Å². The number of amides is 2. The second-order valence-electron chi connectivity index (χ2n) is 7.65. The maximum atomic E-state index is 13.4. The molecule has 0 saturated carbocycles. The monoisotopic (exact) mass is 422 g/mol. The van der Waals surface area contributed by atoms with Crippen molar-refractivity contribution in [3.8, 4) is 11.5 Å². The summed E-state index contributed by atoms with van der Waals surface area (Å²) in [6.45, 7) is 7.21. The second kappa shape index (κ2) is 7.60. The third kappa shape index (κ3) is 3.47. The van der Waals surface area contributed by atoms with Crippen LogP contribution in [-0.4, -0.2) is 32.8 Å². The first-order chi connectivity index (χ1) is 14.3. The van der Waals surface area contributed by atoms with Gasteiger partial charge in [0.1, 0.15) is 5.54 Å². The number of nitrogens with zero attached hydrogens (tertiary/aromatic N) is 3. The predicted octanol–water partition coefficient (Wildman–Crippen LogP) is 4.29. The normalized spacial score (nSPS) is 16.0. The molecule has 1 aliphatic rings. The first-order valence-corrected chi connectivity index (χ1v) is 10.5. The summed E-state index contributed by atoms with van der Waals surface area (Å²) in [6, 6.07) is 15.0. The summed E-state index contributed by atoms with van der Waals surface area (Å²) in [5.41, 5.74) is 2.15. The summed E-state index contributed by atoms with van der Waals surface area (Å²) in [5, 5.41) is 10.9. The lowest BCUT2D eigenvalue weighted by Gasteiger charge is -2.42. The minimum atomic E-state index is -1.03. The van der Waals surface area contributed by atoms with Crippen LogP contribution in [0.4, 0.5) is 11.4 Å². The lowest BCUT2D eigenvalue weighted by molar-refractivity contribution is -0.126. The molecule has 2 aromatic carbocycles. The highest BCUT2D eigenvalue weighted by Crippen LogP contribution is 2.38. The van der Waals surface area contributed by atoms with E-state index in [0.717, 1.165) is 11.1 Å². The number of carbonyl (C=O) groups is 2. The molecular weight excluding hydrogens is 400 g/mol. The van der Waals surface area contributed by atoms with Crippen molar-refractivity contribution in [2.45, 2.75) is 43.7 Å². The standard InChI is InChI=1S/C22H22N4O3S/c1-13-9-5-6-10-15(13)18-24-25-21(29-18)30-14(2)19(27)26-17-12-8-7-11-16(17)23-20(28)22(26,3)4/h5-12,14H,1-4H3,(H,23,28). The molecule has 7 nitrogen and oxygen atoms in total. The highest BCUT2D eigenvalue weighted by atomic mass is 32.2. The van der Waals surface area contributed by atoms with Crippen molar-refractivity contribution in [3.63, 3.8) is 0 Å². The number of anilines is 2. The molecule has 0 aliphatic carbocycles. The van der Waals surface area contributed by atoms with Crippen molar-refractivity contribution >= 4 is 35.0 Å². The van der Waals surface area contributed by atoms with Crippen LogP contribution in [0.1, 0.15) is 26.3 Å². The summed E-state index contributed by atoms with van der Waals surface area (Å²) in [6.07, 6.45) is 0. The van der Waals surface area contributed by atoms with Crippen molar-refractivity contribution in [2.75, 3.05) is 10.2 Å². The first-order valence-electron chi connectivity index (χ1n) is 9.60. The van der Waals surface area contributed by atoms with Gasteiger partial charge in [-0.05, 0) is 51.5 Å². The van der Waals surface area contributed by atoms with Gasteiger partial charge in [-0.3, -0.25) is 14.5 Å². The average Bonchev–Trinajstić information content (AvgIpc) is 3.17. The first kappa shape index (κ1) is 20.2. The molecule has 1 atom stereocenters. The van der Waals surface area contributed by atoms with E-state index in [1.54, 1.807) is 31.7 Å². The van der Waals surface area contributed by atoms with E-state index in [9.17, 15) is 9.59 Å². The van der Waals surface area contributed by atoms with E-state index >= 15 is 0 Å². The molecule has 0 bridgehead atoms. The minimum absolute atomic E-state index is 0.206. The summed E-state index contributed by atoms with van der Waals surface area (Å²) < 4.78 is 5.79. The van der Waals surface area contributed by atoms with Crippen molar-refractivity contribution in [3.05, 3.63) is 54.1 Å². The number of nitrogens with one attached hydrogen (secondary N) is 1. The summed E-state index contributed by atoms with van der Waals surface area (Å²) in [7, 11) is 0. The second-order valence-corrected chi connectivity index (χ2v) is 8.94. The molecule has 2 heterocycles. The molecule has 0 fully saturated rings.